The normalized spacial score (nSPS) is 10.5. The quantitative estimate of drug-likeness (QED) is 0.860. The highest BCUT2D eigenvalue weighted by atomic mass is 79.9. The number of carbonyl (C=O) groups excluding carboxylic acids is 1. The van der Waals surface area contributed by atoms with E-state index in [0.29, 0.717) is 12.3 Å². The fourth-order valence-corrected chi connectivity index (χ4v) is 2.09. The van der Waals surface area contributed by atoms with Crippen LogP contribution in [0.2, 0.25) is 0 Å². The van der Waals surface area contributed by atoms with Gasteiger partial charge >= 0.3 is 0 Å². The molecule has 0 fully saturated rings. The average molecular weight is 326 g/mol. The molecule has 1 amide bonds. The van der Waals surface area contributed by atoms with Crippen LogP contribution in [0.25, 0.3) is 0 Å². The van der Waals surface area contributed by atoms with Gasteiger partial charge in [0.1, 0.15) is 11.6 Å². The minimum absolute atomic E-state index is 0.0427. The van der Waals surface area contributed by atoms with Crippen molar-refractivity contribution in [3.63, 3.8) is 0 Å². The van der Waals surface area contributed by atoms with Gasteiger partial charge in [-0.1, -0.05) is 6.07 Å². The number of amides is 1. The third kappa shape index (κ3) is 2.87. The van der Waals surface area contributed by atoms with Crippen molar-refractivity contribution in [3.8, 4) is 0 Å². The molecular formula is C14H13BrFNO2. The molecule has 0 N–H and O–H groups in total. The maximum absolute atomic E-state index is 13.9. The molecule has 0 radical (unpaired) electrons. The first-order valence-corrected chi connectivity index (χ1v) is 6.52. The highest BCUT2D eigenvalue weighted by Crippen LogP contribution is 2.20. The van der Waals surface area contributed by atoms with E-state index in [1.54, 1.807) is 25.4 Å². The summed E-state index contributed by atoms with van der Waals surface area (Å²) in [6.07, 6.45) is 1.57. The van der Waals surface area contributed by atoms with E-state index in [9.17, 15) is 9.18 Å². The number of rotatable bonds is 3. The molecular weight excluding hydrogens is 313 g/mol. The fraction of sp³-hybridized carbons (Fsp3) is 0.214. The van der Waals surface area contributed by atoms with Crippen molar-refractivity contribution in [2.75, 3.05) is 7.05 Å². The Morgan fingerprint density at radius 1 is 1.42 bits per heavy atom. The van der Waals surface area contributed by atoms with Crippen LogP contribution >= 0.6 is 15.9 Å². The van der Waals surface area contributed by atoms with E-state index in [2.05, 4.69) is 15.9 Å². The molecule has 0 saturated heterocycles. The zero-order chi connectivity index (χ0) is 14.0. The highest BCUT2D eigenvalue weighted by molar-refractivity contribution is 9.10. The van der Waals surface area contributed by atoms with Crippen molar-refractivity contribution in [2.45, 2.75) is 13.5 Å². The Hall–Kier alpha value is -1.62. The van der Waals surface area contributed by atoms with Crippen LogP contribution in [0.15, 0.2) is 39.4 Å². The minimum atomic E-state index is -0.546. The highest BCUT2D eigenvalue weighted by Gasteiger charge is 2.19. The monoisotopic (exact) mass is 325 g/mol. The molecule has 0 aliphatic heterocycles. The SMILES string of the molecule is Cc1ccoc1CN(C)C(=O)c1cccc(Br)c1F. The molecule has 3 nitrogen and oxygen atoms in total. The van der Waals surface area contributed by atoms with Gasteiger partial charge in [-0.2, -0.15) is 0 Å². The van der Waals surface area contributed by atoms with Crippen LogP contribution in [0.3, 0.4) is 0 Å². The van der Waals surface area contributed by atoms with Gasteiger partial charge in [-0.25, -0.2) is 4.39 Å². The molecule has 0 aliphatic rings. The van der Waals surface area contributed by atoms with E-state index in [1.165, 1.54) is 11.0 Å². The minimum Gasteiger partial charge on any atom is -0.467 e. The van der Waals surface area contributed by atoms with E-state index in [1.807, 2.05) is 13.0 Å². The summed E-state index contributed by atoms with van der Waals surface area (Å²) in [5, 5.41) is 0. The Balaban J connectivity index is 2.20. The second kappa shape index (κ2) is 5.57. The van der Waals surface area contributed by atoms with Gasteiger partial charge < -0.3 is 9.32 Å². The predicted molar refractivity (Wildman–Crippen MR) is 73.3 cm³/mol. The topological polar surface area (TPSA) is 33.5 Å². The van der Waals surface area contributed by atoms with E-state index in [4.69, 9.17) is 4.42 Å². The van der Waals surface area contributed by atoms with Crippen LogP contribution in [0.5, 0.6) is 0 Å². The van der Waals surface area contributed by atoms with Gasteiger partial charge in [0.25, 0.3) is 5.91 Å². The number of hydrogen-bond donors (Lipinski definition) is 0. The number of aryl methyl sites for hydroxylation is 1. The molecule has 0 bridgehead atoms. The number of nitrogens with zero attached hydrogens (tertiary/aromatic N) is 1. The summed E-state index contributed by atoms with van der Waals surface area (Å²) in [5.41, 5.74) is 1.01. The summed E-state index contributed by atoms with van der Waals surface area (Å²) in [5.74, 6) is -0.226. The molecule has 1 heterocycles. The lowest BCUT2D eigenvalue weighted by atomic mass is 10.2. The van der Waals surface area contributed by atoms with Gasteiger partial charge in [0.15, 0.2) is 0 Å². The Labute approximate surface area is 119 Å². The van der Waals surface area contributed by atoms with Crippen LogP contribution in [-0.4, -0.2) is 17.9 Å². The number of halogens is 2. The lowest BCUT2D eigenvalue weighted by Gasteiger charge is -2.17. The third-order valence-electron chi connectivity index (χ3n) is 2.88. The Bertz CT molecular complexity index is 609. The summed E-state index contributed by atoms with van der Waals surface area (Å²) in [7, 11) is 1.62. The van der Waals surface area contributed by atoms with Gasteiger partial charge in [0.05, 0.1) is 22.8 Å². The lowest BCUT2D eigenvalue weighted by molar-refractivity contribution is 0.0770. The number of furan rings is 1. The molecule has 0 unspecified atom stereocenters. The number of hydrogen-bond acceptors (Lipinski definition) is 2. The van der Waals surface area contributed by atoms with Gasteiger partial charge in [-0.15, -0.1) is 0 Å². The predicted octanol–water partition coefficient (Wildman–Crippen LogP) is 3.76. The van der Waals surface area contributed by atoms with Gasteiger partial charge in [0, 0.05) is 7.05 Å². The van der Waals surface area contributed by atoms with Gasteiger partial charge in [-0.3, -0.25) is 4.79 Å². The Morgan fingerprint density at radius 3 is 2.79 bits per heavy atom. The average Bonchev–Trinajstić information content (AvgIpc) is 2.77. The first-order valence-electron chi connectivity index (χ1n) is 5.73. The fourth-order valence-electron chi connectivity index (χ4n) is 1.73. The van der Waals surface area contributed by atoms with Crippen LogP contribution < -0.4 is 0 Å². The van der Waals surface area contributed by atoms with Gasteiger partial charge in [-0.05, 0) is 46.6 Å². The largest absolute Gasteiger partial charge is 0.467 e. The Morgan fingerprint density at radius 2 is 2.16 bits per heavy atom. The van der Waals surface area contributed by atoms with E-state index in [-0.39, 0.29) is 15.9 Å². The maximum atomic E-state index is 13.9. The molecule has 1 aromatic carbocycles. The molecule has 19 heavy (non-hydrogen) atoms. The molecule has 0 saturated carbocycles. The van der Waals surface area contributed by atoms with Crippen LogP contribution in [-0.2, 0) is 6.54 Å². The van der Waals surface area contributed by atoms with E-state index < -0.39 is 5.82 Å². The summed E-state index contributed by atoms with van der Waals surface area (Å²) in [6, 6.07) is 6.48. The van der Waals surface area contributed by atoms with Crippen molar-refractivity contribution in [3.05, 3.63) is 57.7 Å². The molecule has 2 rings (SSSR count). The Kier molecular flexibility index (Phi) is 4.04. The number of benzene rings is 1. The molecule has 0 spiro atoms. The molecule has 1 aromatic heterocycles. The lowest BCUT2D eigenvalue weighted by Crippen LogP contribution is -2.27. The number of carbonyl (C=O) groups is 1. The summed E-state index contributed by atoms with van der Waals surface area (Å²) in [4.78, 5) is 13.6. The first kappa shape index (κ1) is 13.8. The summed E-state index contributed by atoms with van der Waals surface area (Å²) < 4.78 is 19.4. The maximum Gasteiger partial charge on any atom is 0.257 e. The van der Waals surface area contributed by atoms with Crippen molar-refractivity contribution < 1.29 is 13.6 Å². The molecule has 0 aliphatic carbocycles. The second-order valence-electron chi connectivity index (χ2n) is 4.29. The zero-order valence-electron chi connectivity index (χ0n) is 10.6. The van der Waals surface area contributed by atoms with Crippen molar-refractivity contribution in [1.82, 2.24) is 4.90 Å². The van der Waals surface area contributed by atoms with Crippen LogP contribution in [0, 0.1) is 12.7 Å². The summed E-state index contributed by atoms with van der Waals surface area (Å²) >= 11 is 3.07. The van der Waals surface area contributed by atoms with Crippen LogP contribution in [0.4, 0.5) is 4.39 Å². The van der Waals surface area contributed by atoms with Crippen molar-refractivity contribution in [1.29, 1.82) is 0 Å². The molecule has 5 heteroatoms. The zero-order valence-corrected chi connectivity index (χ0v) is 12.2. The van der Waals surface area contributed by atoms with E-state index in [0.717, 1.165) is 5.56 Å². The van der Waals surface area contributed by atoms with Crippen LogP contribution in [0.1, 0.15) is 21.7 Å². The molecule has 100 valence electrons. The molecule has 0 atom stereocenters. The smallest absolute Gasteiger partial charge is 0.257 e. The van der Waals surface area contributed by atoms with Gasteiger partial charge in [0.2, 0.25) is 0 Å². The standard InChI is InChI=1S/C14H13BrFNO2/c1-9-6-7-19-12(9)8-17(2)14(18)10-4-3-5-11(15)13(10)16/h3-7H,8H2,1-2H3. The third-order valence-corrected chi connectivity index (χ3v) is 3.49. The molecule has 2 aromatic rings. The van der Waals surface area contributed by atoms with Crippen molar-refractivity contribution in [2.24, 2.45) is 0 Å². The van der Waals surface area contributed by atoms with Crippen molar-refractivity contribution >= 4 is 21.8 Å². The first-order chi connectivity index (χ1) is 9.00. The van der Waals surface area contributed by atoms with E-state index >= 15 is 0 Å². The second-order valence-corrected chi connectivity index (χ2v) is 5.14. The summed E-state index contributed by atoms with van der Waals surface area (Å²) in [6.45, 7) is 2.21.